The molecule has 8 heteroatoms. The van der Waals surface area contributed by atoms with Gasteiger partial charge in [-0.1, -0.05) is 0 Å². The predicted octanol–water partition coefficient (Wildman–Crippen LogP) is 3.75. The molecule has 132 valence electrons. The SMILES string of the molecule is O=C(Nc1cccnc1)Nc1ccc2c(C=Nc3cccnc3)[nH]nc2c1. The van der Waals surface area contributed by atoms with Gasteiger partial charge in [-0.2, -0.15) is 5.10 Å². The van der Waals surface area contributed by atoms with Gasteiger partial charge >= 0.3 is 6.03 Å². The highest BCUT2D eigenvalue weighted by molar-refractivity contribution is 6.02. The molecular formula is C19H15N7O. The first-order valence-electron chi connectivity index (χ1n) is 8.18. The van der Waals surface area contributed by atoms with Crippen LogP contribution in [0.15, 0.2) is 72.2 Å². The number of urea groups is 1. The summed E-state index contributed by atoms with van der Waals surface area (Å²) in [5, 5.41) is 13.6. The second kappa shape index (κ2) is 7.44. The van der Waals surface area contributed by atoms with Crippen molar-refractivity contribution < 1.29 is 4.79 Å². The van der Waals surface area contributed by atoms with Crippen LogP contribution in [0.5, 0.6) is 0 Å². The summed E-state index contributed by atoms with van der Waals surface area (Å²) in [6, 6.07) is 12.3. The van der Waals surface area contributed by atoms with Crippen molar-refractivity contribution in [1.29, 1.82) is 0 Å². The molecule has 3 heterocycles. The third-order valence-corrected chi connectivity index (χ3v) is 3.75. The third-order valence-electron chi connectivity index (χ3n) is 3.75. The van der Waals surface area contributed by atoms with Crippen LogP contribution in [0.1, 0.15) is 5.69 Å². The molecule has 4 rings (SSSR count). The van der Waals surface area contributed by atoms with E-state index in [0.717, 1.165) is 22.3 Å². The summed E-state index contributed by atoms with van der Waals surface area (Å²) in [4.78, 5) is 24.4. The molecule has 0 fully saturated rings. The number of hydrogen-bond donors (Lipinski definition) is 3. The fourth-order valence-electron chi connectivity index (χ4n) is 2.51. The number of carbonyl (C=O) groups is 1. The Bertz CT molecular complexity index is 1090. The summed E-state index contributed by atoms with van der Waals surface area (Å²) in [5.74, 6) is 0. The molecule has 0 atom stereocenters. The molecule has 0 saturated carbocycles. The molecular weight excluding hydrogens is 342 g/mol. The largest absolute Gasteiger partial charge is 0.323 e. The van der Waals surface area contributed by atoms with Crippen LogP contribution in [0, 0.1) is 0 Å². The normalized spacial score (nSPS) is 11.0. The van der Waals surface area contributed by atoms with E-state index in [1.165, 1.54) is 0 Å². The van der Waals surface area contributed by atoms with Crippen molar-refractivity contribution in [1.82, 2.24) is 20.2 Å². The molecule has 0 unspecified atom stereocenters. The lowest BCUT2D eigenvalue weighted by molar-refractivity contribution is 0.262. The van der Waals surface area contributed by atoms with Crippen LogP contribution in [0.2, 0.25) is 0 Å². The molecule has 1 aromatic carbocycles. The fourth-order valence-corrected chi connectivity index (χ4v) is 2.51. The van der Waals surface area contributed by atoms with Crippen molar-refractivity contribution in [3.05, 3.63) is 72.9 Å². The summed E-state index contributed by atoms with van der Waals surface area (Å²) in [7, 11) is 0. The number of hydrogen-bond acceptors (Lipinski definition) is 5. The molecule has 8 nitrogen and oxygen atoms in total. The number of H-pyrrole nitrogens is 1. The number of aromatic amines is 1. The van der Waals surface area contributed by atoms with Crippen molar-refractivity contribution in [2.45, 2.75) is 0 Å². The van der Waals surface area contributed by atoms with E-state index >= 15 is 0 Å². The zero-order chi connectivity index (χ0) is 18.5. The number of amides is 2. The first kappa shape index (κ1) is 16.4. The molecule has 0 aliphatic carbocycles. The monoisotopic (exact) mass is 357 g/mol. The van der Waals surface area contributed by atoms with Gasteiger partial charge in [0.25, 0.3) is 0 Å². The van der Waals surface area contributed by atoms with E-state index in [4.69, 9.17) is 0 Å². The van der Waals surface area contributed by atoms with Crippen LogP contribution in [0.25, 0.3) is 10.9 Å². The molecule has 0 radical (unpaired) electrons. The number of aliphatic imine (C=N–C) groups is 1. The van der Waals surface area contributed by atoms with Gasteiger partial charge in [0.15, 0.2) is 0 Å². The van der Waals surface area contributed by atoms with E-state index in [9.17, 15) is 4.79 Å². The topological polar surface area (TPSA) is 108 Å². The van der Waals surface area contributed by atoms with Gasteiger partial charge in [-0.25, -0.2) is 4.79 Å². The number of pyridine rings is 2. The summed E-state index contributed by atoms with van der Waals surface area (Å²) in [6.45, 7) is 0. The third kappa shape index (κ3) is 3.96. The number of benzene rings is 1. The van der Waals surface area contributed by atoms with Gasteiger partial charge in [-0.3, -0.25) is 20.1 Å². The van der Waals surface area contributed by atoms with Crippen LogP contribution in [-0.2, 0) is 0 Å². The highest BCUT2D eigenvalue weighted by atomic mass is 16.2. The average Bonchev–Trinajstić information content (AvgIpc) is 3.10. The maximum Gasteiger partial charge on any atom is 0.323 e. The summed E-state index contributed by atoms with van der Waals surface area (Å²) in [5.41, 5.74) is 3.50. The van der Waals surface area contributed by atoms with Crippen molar-refractivity contribution in [3.63, 3.8) is 0 Å². The quantitative estimate of drug-likeness (QED) is 0.483. The highest BCUT2D eigenvalue weighted by Gasteiger charge is 2.07. The van der Waals surface area contributed by atoms with Crippen molar-refractivity contribution in [2.24, 2.45) is 4.99 Å². The van der Waals surface area contributed by atoms with Crippen molar-refractivity contribution in [3.8, 4) is 0 Å². The van der Waals surface area contributed by atoms with Crippen molar-refractivity contribution in [2.75, 3.05) is 10.6 Å². The Hall–Kier alpha value is -4.07. The lowest BCUT2D eigenvalue weighted by Crippen LogP contribution is -2.19. The maximum absolute atomic E-state index is 12.1. The summed E-state index contributed by atoms with van der Waals surface area (Å²) >= 11 is 0. The summed E-state index contributed by atoms with van der Waals surface area (Å²) in [6.07, 6.45) is 8.30. The Morgan fingerprint density at radius 3 is 2.59 bits per heavy atom. The van der Waals surface area contributed by atoms with E-state index < -0.39 is 0 Å². The number of fused-ring (bicyclic) bond motifs is 1. The van der Waals surface area contributed by atoms with E-state index in [2.05, 4.69) is 35.8 Å². The number of nitrogens with zero attached hydrogens (tertiary/aromatic N) is 4. The van der Waals surface area contributed by atoms with E-state index in [1.807, 2.05) is 24.3 Å². The molecule has 3 aromatic heterocycles. The van der Waals surface area contributed by atoms with E-state index in [0.29, 0.717) is 11.4 Å². The highest BCUT2D eigenvalue weighted by Crippen LogP contribution is 2.20. The van der Waals surface area contributed by atoms with Crippen LogP contribution in [-0.4, -0.2) is 32.4 Å². The molecule has 3 N–H and O–H groups in total. The first-order chi connectivity index (χ1) is 13.3. The number of carbonyl (C=O) groups excluding carboxylic acids is 1. The number of anilines is 2. The molecule has 27 heavy (non-hydrogen) atoms. The zero-order valence-electron chi connectivity index (χ0n) is 14.1. The van der Waals surface area contributed by atoms with E-state index in [-0.39, 0.29) is 6.03 Å². The van der Waals surface area contributed by atoms with Gasteiger partial charge < -0.3 is 10.6 Å². The van der Waals surface area contributed by atoms with Gasteiger partial charge in [-0.05, 0) is 42.5 Å². The Kier molecular flexibility index (Phi) is 4.52. The standard InChI is InChI=1S/C19H15N7O/c27-19(24-15-4-2-8-21-11-15)23-13-5-6-16-17(9-13)25-26-18(16)12-22-14-3-1-7-20-10-14/h1-12H,(H,25,26)(H2,23,24,27). The Balaban J connectivity index is 1.48. The smallest absolute Gasteiger partial charge is 0.308 e. The number of rotatable bonds is 4. The molecule has 0 aliphatic heterocycles. The second-order valence-corrected chi connectivity index (χ2v) is 5.66. The first-order valence-corrected chi connectivity index (χ1v) is 8.18. The number of aromatic nitrogens is 4. The molecule has 0 bridgehead atoms. The molecule has 0 aliphatic rings. The minimum Gasteiger partial charge on any atom is -0.308 e. The lowest BCUT2D eigenvalue weighted by atomic mass is 10.2. The minimum atomic E-state index is -0.351. The Labute approximate surface area is 154 Å². The van der Waals surface area contributed by atoms with Crippen LogP contribution in [0.3, 0.4) is 0 Å². The van der Waals surface area contributed by atoms with Crippen molar-refractivity contribution >= 4 is 40.2 Å². The van der Waals surface area contributed by atoms with Crippen LogP contribution >= 0.6 is 0 Å². The molecule has 0 spiro atoms. The van der Waals surface area contributed by atoms with Gasteiger partial charge in [0.1, 0.15) is 0 Å². The van der Waals surface area contributed by atoms with Crippen LogP contribution in [0.4, 0.5) is 21.9 Å². The van der Waals surface area contributed by atoms with Gasteiger partial charge in [0.05, 0.1) is 41.2 Å². The van der Waals surface area contributed by atoms with Gasteiger partial charge in [0.2, 0.25) is 0 Å². The molecule has 0 saturated heterocycles. The van der Waals surface area contributed by atoms with Gasteiger partial charge in [0, 0.05) is 23.5 Å². The zero-order valence-corrected chi connectivity index (χ0v) is 14.1. The predicted molar refractivity (Wildman–Crippen MR) is 104 cm³/mol. The average molecular weight is 357 g/mol. The lowest BCUT2D eigenvalue weighted by Gasteiger charge is -2.07. The number of nitrogens with one attached hydrogen (secondary N) is 3. The molecule has 2 amide bonds. The summed E-state index contributed by atoms with van der Waals surface area (Å²) < 4.78 is 0. The Morgan fingerprint density at radius 1 is 1.00 bits per heavy atom. The Morgan fingerprint density at radius 2 is 1.81 bits per heavy atom. The second-order valence-electron chi connectivity index (χ2n) is 5.66. The minimum absolute atomic E-state index is 0.351. The molecule has 4 aromatic rings. The van der Waals surface area contributed by atoms with Gasteiger partial charge in [-0.15, -0.1) is 0 Å². The van der Waals surface area contributed by atoms with Crippen LogP contribution < -0.4 is 10.6 Å². The fraction of sp³-hybridized carbons (Fsp3) is 0. The maximum atomic E-state index is 12.1. The van der Waals surface area contributed by atoms with E-state index in [1.54, 1.807) is 49.2 Å².